The molecular weight excluding hydrogens is 334 g/mol. The highest BCUT2D eigenvalue weighted by molar-refractivity contribution is 5.69. The summed E-state index contributed by atoms with van der Waals surface area (Å²) in [5.41, 5.74) is 8.79. The summed E-state index contributed by atoms with van der Waals surface area (Å²) in [6.07, 6.45) is 9.93. The topological polar surface area (TPSA) is 60.6 Å². The van der Waals surface area contributed by atoms with E-state index in [1.165, 1.54) is 34.4 Å². The van der Waals surface area contributed by atoms with Crippen molar-refractivity contribution in [2.75, 3.05) is 11.4 Å². The molecule has 134 valence electrons. The molecule has 3 heterocycles. The van der Waals surface area contributed by atoms with Crippen LogP contribution in [0.25, 0.3) is 22.3 Å². The molecule has 2 aromatic carbocycles. The third-order valence-electron chi connectivity index (χ3n) is 5.28. The maximum Gasteiger partial charge on any atom is 0.0565 e. The van der Waals surface area contributed by atoms with E-state index < -0.39 is 0 Å². The van der Waals surface area contributed by atoms with Crippen LogP contribution in [0, 0.1) is 0 Å². The number of aryl methyl sites for hydroxylation is 1. The SMILES string of the molecule is c1cc(-c2cn[nH]c2)ccc1CN1CCCc2cc(-c3cn[nH]c3)ccc21. The summed E-state index contributed by atoms with van der Waals surface area (Å²) in [4.78, 5) is 2.49. The number of aromatic nitrogens is 4. The van der Waals surface area contributed by atoms with Crippen LogP contribution in [0.15, 0.2) is 67.3 Å². The predicted octanol–water partition coefficient (Wildman–Crippen LogP) is 4.42. The summed E-state index contributed by atoms with van der Waals surface area (Å²) in [6.45, 7) is 2.03. The fourth-order valence-electron chi connectivity index (χ4n) is 3.86. The first-order valence-electron chi connectivity index (χ1n) is 9.32. The van der Waals surface area contributed by atoms with Crippen LogP contribution >= 0.6 is 0 Å². The summed E-state index contributed by atoms with van der Waals surface area (Å²) in [5.74, 6) is 0. The molecule has 1 aliphatic heterocycles. The second-order valence-corrected chi connectivity index (χ2v) is 7.04. The molecule has 2 aromatic heterocycles. The van der Waals surface area contributed by atoms with E-state index in [0.29, 0.717) is 0 Å². The number of nitrogens with one attached hydrogen (secondary N) is 2. The molecule has 0 unspecified atom stereocenters. The van der Waals surface area contributed by atoms with Gasteiger partial charge in [0.05, 0.1) is 12.4 Å². The van der Waals surface area contributed by atoms with Crippen molar-refractivity contribution in [1.82, 2.24) is 20.4 Å². The smallest absolute Gasteiger partial charge is 0.0565 e. The van der Waals surface area contributed by atoms with Gasteiger partial charge in [-0.3, -0.25) is 10.2 Å². The molecule has 4 aromatic rings. The molecule has 5 nitrogen and oxygen atoms in total. The quantitative estimate of drug-likeness (QED) is 0.570. The van der Waals surface area contributed by atoms with Crippen LogP contribution in [-0.2, 0) is 13.0 Å². The lowest BCUT2D eigenvalue weighted by molar-refractivity contribution is 0.691. The van der Waals surface area contributed by atoms with Gasteiger partial charge < -0.3 is 4.90 Å². The summed E-state index contributed by atoms with van der Waals surface area (Å²) in [7, 11) is 0. The van der Waals surface area contributed by atoms with Crippen molar-refractivity contribution in [2.45, 2.75) is 19.4 Å². The Balaban J connectivity index is 1.38. The standard InChI is InChI=1S/C22H21N5/c1-2-19-10-18(21-13-25-26-14-21)7-8-22(19)27(9-1)15-16-3-5-17(6-4-16)20-11-23-24-12-20/h3-8,10-14H,1-2,9,15H2,(H,23,24)(H,25,26). The number of rotatable bonds is 4. The van der Waals surface area contributed by atoms with Crippen molar-refractivity contribution in [3.63, 3.8) is 0 Å². The molecule has 0 spiro atoms. The van der Waals surface area contributed by atoms with Crippen molar-refractivity contribution in [2.24, 2.45) is 0 Å². The monoisotopic (exact) mass is 355 g/mol. The molecule has 0 atom stereocenters. The van der Waals surface area contributed by atoms with Crippen LogP contribution in [0.1, 0.15) is 17.5 Å². The minimum Gasteiger partial charge on any atom is -0.367 e. The van der Waals surface area contributed by atoms with Crippen LogP contribution in [0.2, 0.25) is 0 Å². The molecular formula is C22H21N5. The second kappa shape index (κ2) is 6.76. The molecule has 0 amide bonds. The predicted molar refractivity (Wildman–Crippen MR) is 107 cm³/mol. The Hall–Kier alpha value is -3.34. The van der Waals surface area contributed by atoms with Gasteiger partial charge in [0.15, 0.2) is 0 Å². The van der Waals surface area contributed by atoms with Gasteiger partial charge in [0.25, 0.3) is 0 Å². The third-order valence-corrected chi connectivity index (χ3v) is 5.28. The van der Waals surface area contributed by atoms with E-state index >= 15 is 0 Å². The molecule has 0 saturated carbocycles. The normalized spacial score (nSPS) is 13.6. The van der Waals surface area contributed by atoms with E-state index in [0.717, 1.165) is 30.6 Å². The number of fused-ring (bicyclic) bond motifs is 1. The van der Waals surface area contributed by atoms with E-state index in [-0.39, 0.29) is 0 Å². The van der Waals surface area contributed by atoms with Crippen LogP contribution in [0.5, 0.6) is 0 Å². The maximum absolute atomic E-state index is 4.07. The number of benzene rings is 2. The highest BCUT2D eigenvalue weighted by atomic mass is 15.1. The third kappa shape index (κ3) is 3.12. The lowest BCUT2D eigenvalue weighted by Gasteiger charge is -2.32. The molecule has 0 bridgehead atoms. The van der Waals surface area contributed by atoms with Gasteiger partial charge in [-0.2, -0.15) is 10.2 Å². The Morgan fingerprint density at radius 2 is 1.52 bits per heavy atom. The first-order valence-corrected chi connectivity index (χ1v) is 9.32. The molecule has 2 N–H and O–H groups in total. The molecule has 0 saturated heterocycles. The molecule has 0 aliphatic carbocycles. The number of hydrogen-bond donors (Lipinski definition) is 2. The number of nitrogens with zero attached hydrogens (tertiary/aromatic N) is 3. The van der Waals surface area contributed by atoms with Gasteiger partial charge in [-0.05, 0) is 47.2 Å². The fourth-order valence-corrected chi connectivity index (χ4v) is 3.86. The van der Waals surface area contributed by atoms with E-state index in [2.05, 4.69) is 67.8 Å². The summed E-state index contributed by atoms with van der Waals surface area (Å²) in [5, 5.41) is 13.9. The van der Waals surface area contributed by atoms with Crippen molar-refractivity contribution < 1.29 is 0 Å². The first-order chi connectivity index (χ1) is 13.4. The van der Waals surface area contributed by atoms with Gasteiger partial charge in [-0.1, -0.05) is 30.3 Å². The maximum atomic E-state index is 4.07. The zero-order valence-electron chi connectivity index (χ0n) is 15.0. The minimum atomic E-state index is 0.934. The van der Waals surface area contributed by atoms with Crippen molar-refractivity contribution in [3.8, 4) is 22.3 Å². The summed E-state index contributed by atoms with van der Waals surface area (Å²) < 4.78 is 0. The van der Waals surface area contributed by atoms with Gasteiger partial charge in [-0.25, -0.2) is 0 Å². The van der Waals surface area contributed by atoms with Gasteiger partial charge >= 0.3 is 0 Å². The van der Waals surface area contributed by atoms with Gasteiger partial charge in [0, 0.05) is 42.3 Å². The van der Waals surface area contributed by atoms with Crippen LogP contribution in [-0.4, -0.2) is 26.9 Å². The van der Waals surface area contributed by atoms with Gasteiger partial charge in [0.1, 0.15) is 0 Å². The zero-order chi connectivity index (χ0) is 18.1. The molecule has 27 heavy (non-hydrogen) atoms. The van der Waals surface area contributed by atoms with E-state index in [4.69, 9.17) is 0 Å². The van der Waals surface area contributed by atoms with Crippen molar-refractivity contribution in [3.05, 3.63) is 78.4 Å². The number of aromatic amines is 2. The van der Waals surface area contributed by atoms with Crippen LogP contribution in [0.4, 0.5) is 5.69 Å². The molecule has 5 heteroatoms. The highest BCUT2D eigenvalue weighted by Gasteiger charge is 2.18. The number of H-pyrrole nitrogens is 2. The lowest BCUT2D eigenvalue weighted by Crippen LogP contribution is -2.28. The van der Waals surface area contributed by atoms with E-state index in [9.17, 15) is 0 Å². The Morgan fingerprint density at radius 1 is 0.815 bits per heavy atom. The Morgan fingerprint density at radius 3 is 2.22 bits per heavy atom. The van der Waals surface area contributed by atoms with Crippen LogP contribution < -0.4 is 4.90 Å². The van der Waals surface area contributed by atoms with Crippen molar-refractivity contribution in [1.29, 1.82) is 0 Å². The molecule has 0 fully saturated rings. The number of anilines is 1. The Labute approximate surface area is 158 Å². The summed E-state index contributed by atoms with van der Waals surface area (Å²) in [6, 6.07) is 15.6. The van der Waals surface area contributed by atoms with E-state index in [1.807, 2.05) is 24.8 Å². The Bertz CT molecular complexity index is 1020. The Kier molecular flexibility index (Phi) is 3.98. The average Bonchev–Trinajstić information content (AvgIpc) is 3.43. The molecule has 1 aliphatic rings. The van der Waals surface area contributed by atoms with Crippen molar-refractivity contribution >= 4 is 5.69 Å². The minimum absolute atomic E-state index is 0.934. The number of hydrogen-bond acceptors (Lipinski definition) is 3. The average molecular weight is 355 g/mol. The zero-order valence-corrected chi connectivity index (χ0v) is 15.0. The summed E-state index contributed by atoms with van der Waals surface area (Å²) >= 11 is 0. The fraction of sp³-hybridized carbons (Fsp3) is 0.182. The van der Waals surface area contributed by atoms with E-state index in [1.54, 1.807) is 0 Å². The van der Waals surface area contributed by atoms with Crippen LogP contribution in [0.3, 0.4) is 0 Å². The largest absolute Gasteiger partial charge is 0.367 e. The molecule has 5 rings (SSSR count). The lowest BCUT2D eigenvalue weighted by atomic mass is 9.96. The van der Waals surface area contributed by atoms with Gasteiger partial charge in [-0.15, -0.1) is 0 Å². The second-order valence-electron chi connectivity index (χ2n) is 7.04. The first kappa shape index (κ1) is 15.9. The van der Waals surface area contributed by atoms with Gasteiger partial charge in [0.2, 0.25) is 0 Å². The highest BCUT2D eigenvalue weighted by Crippen LogP contribution is 2.32. The molecule has 0 radical (unpaired) electrons.